The third kappa shape index (κ3) is 3.93. The number of para-hydroxylation sites is 2. The van der Waals surface area contributed by atoms with Crippen LogP contribution in [0.1, 0.15) is 45.7 Å². The molecule has 0 spiro atoms. The van der Waals surface area contributed by atoms with E-state index in [0.717, 1.165) is 39.0 Å². The van der Waals surface area contributed by atoms with Crippen LogP contribution in [-0.4, -0.2) is 9.55 Å². The summed E-state index contributed by atoms with van der Waals surface area (Å²) in [5, 5.41) is 0.972. The Labute approximate surface area is 243 Å². The van der Waals surface area contributed by atoms with Crippen LogP contribution in [-0.2, 0) is 5.41 Å². The number of nitrogens with zero attached hydrogens (tertiary/aromatic N) is 2. The minimum Gasteiger partial charge on any atom is -0.456 e. The van der Waals surface area contributed by atoms with Gasteiger partial charge in [0.15, 0.2) is 0 Å². The molecule has 0 N–H and O–H groups in total. The lowest BCUT2D eigenvalue weighted by Crippen LogP contribution is -2.16. The summed E-state index contributed by atoms with van der Waals surface area (Å²) in [6.45, 7) is 1.57. The predicted molar refractivity (Wildman–Crippen MR) is 167 cm³/mol. The summed E-state index contributed by atoms with van der Waals surface area (Å²) in [6, 6.07) is 33.2. The molecule has 0 radical (unpaired) electrons. The van der Waals surface area contributed by atoms with Crippen molar-refractivity contribution in [2.24, 2.45) is 0 Å². The van der Waals surface area contributed by atoms with Crippen LogP contribution in [0.4, 0.5) is 0 Å². The summed E-state index contributed by atoms with van der Waals surface area (Å²) in [5.74, 6) is 0.699. The van der Waals surface area contributed by atoms with Crippen LogP contribution >= 0.6 is 0 Å². The number of furan rings is 1. The number of fused-ring (bicyclic) bond motifs is 4. The van der Waals surface area contributed by atoms with Crippen molar-refractivity contribution in [3.8, 4) is 28.2 Å². The van der Waals surface area contributed by atoms with Crippen LogP contribution in [0.5, 0.6) is 0 Å². The van der Waals surface area contributed by atoms with Crippen molar-refractivity contribution in [2.45, 2.75) is 39.9 Å². The Balaban J connectivity index is 1.50. The Morgan fingerprint density at radius 3 is 2.33 bits per heavy atom. The average Bonchev–Trinajstić information content (AvgIpc) is 3.57. The zero-order valence-electron chi connectivity index (χ0n) is 28.6. The normalized spacial score (nSPS) is 15.0. The van der Waals surface area contributed by atoms with Gasteiger partial charge in [-0.15, -0.1) is 0 Å². The van der Waals surface area contributed by atoms with E-state index in [0.29, 0.717) is 22.2 Å². The van der Waals surface area contributed by atoms with Gasteiger partial charge in [0, 0.05) is 24.6 Å². The summed E-state index contributed by atoms with van der Waals surface area (Å²) in [7, 11) is 0. The summed E-state index contributed by atoms with van der Waals surface area (Å²) < 4.78 is 56.8. The Hall–Kier alpha value is -4.63. The van der Waals surface area contributed by atoms with Crippen molar-refractivity contribution < 1.29 is 12.6 Å². The van der Waals surface area contributed by atoms with Gasteiger partial charge in [0.1, 0.15) is 17.0 Å². The fourth-order valence-electron chi connectivity index (χ4n) is 5.65. The van der Waals surface area contributed by atoms with Crippen molar-refractivity contribution in [3.63, 3.8) is 0 Å². The van der Waals surface area contributed by atoms with Gasteiger partial charge in [0.25, 0.3) is 0 Å². The number of aromatic nitrogens is 2. The van der Waals surface area contributed by atoms with Gasteiger partial charge in [-0.2, -0.15) is 0 Å². The molecule has 0 aliphatic carbocycles. The van der Waals surface area contributed by atoms with E-state index in [1.807, 2.05) is 48.5 Å². The molecule has 2 heterocycles. The quantitative estimate of drug-likeness (QED) is 0.229. The van der Waals surface area contributed by atoms with Crippen molar-refractivity contribution in [2.75, 3.05) is 0 Å². The Morgan fingerprint density at radius 2 is 1.52 bits per heavy atom. The number of imidazole rings is 1. The molecule has 0 aliphatic rings. The van der Waals surface area contributed by atoms with Gasteiger partial charge in [-0.05, 0) is 95.5 Å². The lowest BCUT2D eigenvalue weighted by molar-refractivity contribution is 0.587. The van der Waals surface area contributed by atoms with E-state index in [-0.39, 0.29) is 22.1 Å². The Kier molecular flexibility index (Phi) is 4.17. The molecule has 0 bridgehead atoms. The zero-order valence-corrected chi connectivity index (χ0v) is 22.6. The van der Waals surface area contributed by atoms with Crippen LogP contribution < -0.4 is 0 Å². The first-order chi connectivity index (χ1) is 21.7. The molecule has 3 nitrogen and oxygen atoms in total. The number of hydrogen-bond donors (Lipinski definition) is 0. The average molecular weight is 527 g/mol. The molecule has 196 valence electrons. The van der Waals surface area contributed by atoms with Gasteiger partial charge >= 0.3 is 0 Å². The third-order valence-corrected chi connectivity index (χ3v) is 7.54. The van der Waals surface area contributed by atoms with E-state index in [9.17, 15) is 0 Å². The molecule has 7 rings (SSSR count). The second kappa shape index (κ2) is 8.96. The van der Waals surface area contributed by atoms with E-state index < -0.39 is 13.7 Å². The van der Waals surface area contributed by atoms with Crippen molar-refractivity contribution >= 4 is 33.0 Å². The molecule has 40 heavy (non-hydrogen) atoms. The first kappa shape index (κ1) is 18.6. The molecule has 0 saturated carbocycles. The maximum Gasteiger partial charge on any atom is 0.145 e. The second-order valence-electron chi connectivity index (χ2n) is 11.3. The molecule has 0 atom stereocenters. The standard InChI is InChI=1S/C37H32N2O/c1-23-19-24(2)35-28-21-27(16-18-33(28)40-34(35)20-23)36-38-30-13-9-10-14-32(30)39(36)31-17-15-26(22-29(31)37(3,4)5)25-11-7-6-8-12-25/h6-22H,1-5H3/i1D3,2D3. The summed E-state index contributed by atoms with van der Waals surface area (Å²) in [4.78, 5) is 5.10. The maximum absolute atomic E-state index is 8.26. The predicted octanol–water partition coefficient (Wildman–Crippen LogP) is 10.2. The van der Waals surface area contributed by atoms with E-state index in [4.69, 9.17) is 17.6 Å². The molecular weight excluding hydrogens is 488 g/mol. The Bertz CT molecular complexity index is 2270. The van der Waals surface area contributed by atoms with Gasteiger partial charge in [0.05, 0.1) is 16.7 Å². The van der Waals surface area contributed by atoms with Crippen LogP contribution in [0.25, 0.3) is 61.2 Å². The second-order valence-corrected chi connectivity index (χ2v) is 11.3. The largest absolute Gasteiger partial charge is 0.456 e. The van der Waals surface area contributed by atoms with Crippen LogP contribution in [0.2, 0.25) is 0 Å². The lowest BCUT2D eigenvalue weighted by atomic mass is 9.84. The monoisotopic (exact) mass is 526 g/mol. The van der Waals surface area contributed by atoms with Crippen molar-refractivity contribution in [3.05, 3.63) is 120 Å². The van der Waals surface area contributed by atoms with Crippen molar-refractivity contribution in [1.29, 1.82) is 0 Å². The fourth-order valence-corrected chi connectivity index (χ4v) is 5.65. The van der Waals surface area contributed by atoms with Gasteiger partial charge in [-0.1, -0.05) is 75.4 Å². The highest BCUT2D eigenvalue weighted by Crippen LogP contribution is 2.39. The summed E-state index contributed by atoms with van der Waals surface area (Å²) in [5.41, 5.74) is 7.33. The molecule has 0 amide bonds. The third-order valence-electron chi connectivity index (χ3n) is 7.54. The molecule has 0 unspecified atom stereocenters. The summed E-state index contributed by atoms with van der Waals surface area (Å²) >= 11 is 0. The molecular formula is C37H32N2O. The van der Waals surface area contributed by atoms with Gasteiger partial charge in [-0.25, -0.2) is 4.98 Å². The highest BCUT2D eigenvalue weighted by atomic mass is 16.3. The maximum atomic E-state index is 8.26. The molecule has 0 fully saturated rings. The van der Waals surface area contributed by atoms with E-state index >= 15 is 0 Å². The van der Waals surface area contributed by atoms with Gasteiger partial charge < -0.3 is 4.42 Å². The van der Waals surface area contributed by atoms with Crippen LogP contribution in [0, 0.1) is 13.7 Å². The lowest BCUT2D eigenvalue weighted by Gasteiger charge is -2.25. The highest BCUT2D eigenvalue weighted by Gasteiger charge is 2.24. The smallest absolute Gasteiger partial charge is 0.145 e. The van der Waals surface area contributed by atoms with Crippen molar-refractivity contribution in [1.82, 2.24) is 9.55 Å². The number of hydrogen-bond acceptors (Lipinski definition) is 2. The number of rotatable bonds is 3. The van der Waals surface area contributed by atoms with Gasteiger partial charge in [0.2, 0.25) is 0 Å². The summed E-state index contributed by atoms with van der Waals surface area (Å²) in [6.07, 6.45) is 0. The number of aryl methyl sites for hydroxylation is 2. The number of benzene rings is 5. The highest BCUT2D eigenvalue weighted by molar-refractivity contribution is 6.08. The van der Waals surface area contributed by atoms with Crippen LogP contribution in [0.15, 0.2) is 108 Å². The topological polar surface area (TPSA) is 31.0 Å². The molecule has 0 saturated heterocycles. The molecule has 0 aliphatic heterocycles. The van der Waals surface area contributed by atoms with E-state index in [2.05, 4.69) is 61.7 Å². The van der Waals surface area contributed by atoms with Crippen LogP contribution in [0.3, 0.4) is 0 Å². The minimum absolute atomic E-state index is 0.0490. The van der Waals surface area contributed by atoms with E-state index in [1.54, 1.807) is 6.07 Å². The molecule has 7 aromatic rings. The fraction of sp³-hybridized carbons (Fsp3) is 0.162. The zero-order chi connectivity index (χ0) is 32.6. The minimum atomic E-state index is -2.55. The van der Waals surface area contributed by atoms with Gasteiger partial charge in [-0.3, -0.25) is 4.57 Å². The first-order valence-electron chi connectivity index (χ1n) is 16.4. The molecule has 5 aromatic carbocycles. The first-order valence-corrected chi connectivity index (χ1v) is 13.4. The van der Waals surface area contributed by atoms with E-state index in [1.165, 1.54) is 12.1 Å². The molecule has 3 heteroatoms. The Morgan fingerprint density at radius 1 is 0.725 bits per heavy atom. The molecule has 2 aromatic heterocycles. The SMILES string of the molecule is [2H]C([2H])([2H])c1cc(C([2H])([2H])[2H])c2c(c1)oc1ccc(-c3nc4ccccc4n3-c3ccc(-c4ccccc4)cc3C(C)(C)C)cc12.